The molecule has 5 fully saturated rings. The van der Waals surface area contributed by atoms with Crippen LogP contribution in [0.4, 0.5) is 8.78 Å². The van der Waals surface area contributed by atoms with Crippen LogP contribution in [0.25, 0.3) is 10.8 Å². The maximum absolute atomic E-state index is 15.4. The summed E-state index contributed by atoms with van der Waals surface area (Å²) in [4.78, 5) is 74.4. The van der Waals surface area contributed by atoms with Crippen LogP contribution in [0.15, 0.2) is 65.5 Å². The molecule has 9 rings (SSSR count). The summed E-state index contributed by atoms with van der Waals surface area (Å²) in [6, 6.07) is 15.8. The molecule has 0 spiro atoms. The van der Waals surface area contributed by atoms with Gasteiger partial charge in [-0.3, -0.25) is 28.9 Å². The normalized spacial score (nSPS) is 20.1. The lowest BCUT2D eigenvalue weighted by Crippen LogP contribution is -2.55. The number of amides is 4. The number of nitrogens with zero attached hydrogens (tertiary/aromatic N) is 5. The zero-order valence-electron chi connectivity index (χ0n) is 38.9. The number of nitrogens with one attached hydrogen (secondary N) is 3. The van der Waals surface area contributed by atoms with Gasteiger partial charge in [-0.05, 0) is 118 Å². The summed E-state index contributed by atoms with van der Waals surface area (Å²) in [5.41, 5.74) is 1.88. The van der Waals surface area contributed by atoms with E-state index in [2.05, 4.69) is 25.7 Å². The molecule has 0 radical (unpaired) electrons. The molecule has 14 nitrogen and oxygen atoms in total. The number of hydrogen-bond acceptors (Lipinski definition) is 9. The van der Waals surface area contributed by atoms with Gasteiger partial charge in [-0.1, -0.05) is 49.6 Å². The Labute approximate surface area is 396 Å². The number of hydrogen-bond donors (Lipinski definition) is 3. The van der Waals surface area contributed by atoms with E-state index in [1.165, 1.54) is 12.1 Å². The number of piperidine rings is 3. The second-order valence-electron chi connectivity index (χ2n) is 19.5. The van der Waals surface area contributed by atoms with Crippen LogP contribution in [0, 0.1) is 17.6 Å². The van der Waals surface area contributed by atoms with Crippen molar-refractivity contribution in [2.75, 3.05) is 72.0 Å². The Kier molecular flexibility index (Phi) is 15.2. The Hall–Kier alpha value is -5.58. The van der Waals surface area contributed by atoms with E-state index in [1.54, 1.807) is 40.1 Å². The first-order chi connectivity index (χ1) is 33.1. The molecule has 5 aliphatic rings. The number of H-pyrrole nitrogens is 1. The van der Waals surface area contributed by atoms with Crippen LogP contribution in [0.2, 0.25) is 0 Å². The summed E-state index contributed by atoms with van der Waals surface area (Å²) in [7, 11) is 0. The zero-order chi connectivity index (χ0) is 47.1. The van der Waals surface area contributed by atoms with Crippen LogP contribution in [0.5, 0.6) is 0 Å². The van der Waals surface area contributed by atoms with Gasteiger partial charge in [0.25, 0.3) is 17.4 Å². The van der Waals surface area contributed by atoms with Gasteiger partial charge in [-0.2, -0.15) is 5.10 Å². The van der Waals surface area contributed by atoms with Gasteiger partial charge in [0, 0.05) is 64.2 Å². The van der Waals surface area contributed by atoms with E-state index in [9.17, 15) is 24.0 Å². The Morgan fingerprint density at radius 2 is 1.38 bits per heavy atom. The molecule has 0 bridgehead atoms. The molecule has 5 heterocycles. The van der Waals surface area contributed by atoms with Crippen LogP contribution < -0.4 is 16.2 Å². The summed E-state index contributed by atoms with van der Waals surface area (Å²) >= 11 is 0. The van der Waals surface area contributed by atoms with E-state index in [-0.39, 0.29) is 59.1 Å². The minimum absolute atomic E-state index is 0.000642. The predicted octanol–water partition coefficient (Wildman–Crippen LogP) is 5.39. The van der Waals surface area contributed by atoms with Crippen molar-refractivity contribution in [2.45, 2.75) is 101 Å². The second-order valence-corrected chi connectivity index (χ2v) is 19.5. The van der Waals surface area contributed by atoms with Crippen LogP contribution >= 0.6 is 0 Å². The van der Waals surface area contributed by atoms with E-state index in [0.717, 1.165) is 89.5 Å². The van der Waals surface area contributed by atoms with Gasteiger partial charge in [0.05, 0.1) is 41.0 Å². The third-order valence-electron chi connectivity index (χ3n) is 15.1. The van der Waals surface area contributed by atoms with Gasteiger partial charge >= 0.3 is 0 Å². The number of piperazine rings is 1. The number of likely N-dealkylation sites (tertiary alicyclic amines) is 2. The van der Waals surface area contributed by atoms with Crippen LogP contribution in [-0.2, 0) is 20.7 Å². The molecule has 3 N–H and O–H groups in total. The molecule has 1 aliphatic carbocycles. The molecule has 1 aromatic heterocycles. The Balaban J connectivity index is 0.705. The molecule has 1 saturated carbocycles. The highest BCUT2D eigenvalue weighted by molar-refractivity contribution is 5.98. The third-order valence-corrected chi connectivity index (χ3v) is 15.1. The van der Waals surface area contributed by atoms with Crippen molar-refractivity contribution in [1.29, 1.82) is 0 Å². The Morgan fingerprint density at radius 1 is 0.706 bits per heavy atom. The number of aromatic amines is 1. The topological polar surface area (TPSA) is 160 Å². The summed E-state index contributed by atoms with van der Waals surface area (Å²) in [5.74, 6) is -1.92. The SMILES string of the molecule is O=C(N[C@@H](C(=O)N1CCC(OC2CCN(CC(=O)N3CCN(C(=O)c4cc(Cc5n[nH]c(=O)c6ccccc56)ccc4F)CC3)CC2)CC1)C1CCCCC1)c1ccc(C2CCNCC2)cc1F. The first-order valence-corrected chi connectivity index (χ1v) is 24.9. The highest BCUT2D eigenvalue weighted by atomic mass is 19.1. The van der Waals surface area contributed by atoms with Crippen molar-refractivity contribution >= 4 is 34.4 Å². The predicted molar refractivity (Wildman–Crippen MR) is 253 cm³/mol. The van der Waals surface area contributed by atoms with E-state index < -0.39 is 29.5 Å². The van der Waals surface area contributed by atoms with Crippen molar-refractivity contribution in [1.82, 2.24) is 40.4 Å². The summed E-state index contributed by atoms with van der Waals surface area (Å²) in [6.45, 7) is 5.88. The number of carbonyl (C=O) groups is 4. The summed E-state index contributed by atoms with van der Waals surface area (Å²) in [5, 5.41) is 14.3. The number of halogens is 2. The van der Waals surface area contributed by atoms with Crippen molar-refractivity contribution in [3.8, 4) is 0 Å². The molecule has 0 unspecified atom stereocenters. The van der Waals surface area contributed by atoms with Crippen molar-refractivity contribution < 1.29 is 32.7 Å². The minimum atomic E-state index is -0.698. The molecule has 4 aliphatic heterocycles. The van der Waals surface area contributed by atoms with Gasteiger partial charge in [-0.25, -0.2) is 13.9 Å². The molecular formula is C52H64F2N8O6. The van der Waals surface area contributed by atoms with Crippen LogP contribution in [-0.4, -0.2) is 144 Å². The number of carbonyl (C=O) groups excluding carboxylic acids is 4. The Morgan fingerprint density at radius 3 is 2.09 bits per heavy atom. The van der Waals surface area contributed by atoms with Gasteiger partial charge in [0.2, 0.25) is 11.8 Å². The average Bonchev–Trinajstić information content (AvgIpc) is 3.38. The van der Waals surface area contributed by atoms with E-state index in [4.69, 9.17) is 4.74 Å². The fourth-order valence-corrected chi connectivity index (χ4v) is 11.0. The second kappa shape index (κ2) is 21.8. The lowest BCUT2D eigenvalue weighted by molar-refractivity contribution is -0.140. The number of aromatic nitrogens is 2. The molecule has 68 heavy (non-hydrogen) atoms. The maximum atomic E-state index is 15.4. The highest BCUT2D eigenvalue weighted by Gasteiger charge is 2.37. The Bertz CT molecular complexity index is 2500. The number of benzene rings is 3. The molecule has 1 atom stereocenters. The molecule has 16 heteroatoms. The monoisotopic (exact) mass is 934 g/mol. The van der Waals surface area contributed by atoms with Crippen molar-refractivity contribution in [2.24, 2.45) is 5.92 Å². The number of fused-ring (bicyclic) bond motifs is 1. The number of ether oxygens (including phenoxy) is 1. The largest absolute Gasteiger partial charge is 0.375 e. The summed E-state index contributed by atoms with van der Waals surface area (Å²) < 4.78 is 37.1. The fraction of sp³-hybridized carbons (Fsp3) is 0.538. The van der Waals surface area contributed by atoms with Gasteiger partial charge in [0.1, 0.15) is 17.7 Å². The molecular weight excluding hydrogens is 871 g/mol. The van der Waals surface area contributed by atoms with E-state index in [1.807, 2.05) is 23.1 Å². The molecule has 4 aromatic rings. The first kappa shape index (κ1) is 47.5. The van der Waals surface area contributed by atoms with Crippen LogP contribution in [0.3, 0.4) is 0 Å². The minimum Gasteiger partial charge on any atom is -0.375 e. The van der Waals surface area contributed by atoms with Gasteiger partial charge < -0.3 is 30.1 Å². The lowest BCUT2D eigenvalue weighted by Gasteiger charge is -2.40. The molecule has 4 saturated heterocycles. The van der Waals surface area contributed by atoms with E-state index in [0.29, 0.717) is 80.6 Å². The van der Waals surface area contributed by atoms with Crippen LogP contribution in [0.1, 0.15) is 114 Å². The first-order valence-electron chi connectivity index (χ1n) is 24.9. The summed E-state index contributed by atoms with van der Waals surface area (Å²) in [6.07, 6.45) is 10.0. The van der Waals surface area contributed by atoms with Crippen molar-refractivity contribution in [3.05, 3.63) is 111 Å². The van der Waals surface area contributed by atoms with Crippen molar-refractivity contribution in [3.63, 3.8) is 0 Å². The molecule has 4 amide bonds. The average molecular weight is 935 g/mol. The van der Waals surface area contributed by atoms with Gasteiger partial charge in [-0.15, -0.1) is 0 Å². The zero-order valence-corrected chi connectivity index (χ0v) is 38.9. The third kappa shape index (κ3) is 11.1. The standard InChI is InChI=1S/C52H64F2N8O6/c53-44-13-10-34(31-46-40-8-4-5-9-41(40)50(65)58-57-46)30-43(44)51(66)62-28-26-60(27-29-62)47(63)33-59-22-16-38(17-23-59)68-39-18-24-61(25-19-39)52(67)48(36-6-2-1-3-7-36)56-49(64)42-12-11-37(32-45(42)54)35-14-20-55-21-15-35/h4-5,8-13,30,32,35-36,38-39,48,55H,1-3,6-7,14-29,31,33H2,(H,56,64)(H,58,65)/t48-/m1/s1. The maximum Gasteiger partial charge on any atom is 0.272 e. The number of rotatable bonds is 12. The smallest absolute Gasteiger partial charge is 0.272 e. The highest BCUT2D eigenvalue weighted by Crippen LogP contribution is 2.31. The molecule has 3 aromatic carbocycles. The fourth-order valence-electron chi connectivity index (χ4n) is 11.0. The quantitative estimate of drug-likeness (QED) is 0.169. The van der Waals surface area contributed by atoms with Gasteiger partial charge in [0.15, 0.2) is 0 Å². The van der Waals surface area contributed by atoms with E-state index >= 15 is 8.78 Å². The molecule has 362 valence electrons. The lowest BCUT2D eigenvalue weighted by atomic mass is 9.83.